The van der Waals surface area contributed by atoms with Crippen molar-refractivity contribution in [1.82, 2.24) is 9.88 Å². The Balaban J connectivity index is 1.97. The number of nitrogens with zero attached hydrogens (tertiary/aromatic N) is 2. The van der Waals surface area contributed by atoms with Crippen molar-refractivity contribution in [2.24, 2.45) is 0 Å². The van der Waals surface area contributed by atoms with Crippen LogP contribution in [0, 0.1) is 0 Å². The molecule has 0 aliphatic heterocycles. The Hall–Kier alpha value is -1.33. The lowest BCUT2D eigenvalue weighted by molar-refractivity contribution is 0.316. The van der Waals surface area contributed by atoms with Gasteiger partial charge in [0.15, 0.2) is 5.13 Å². The van der Waals surface area contributed by atoms with Crippen molar-refractivity contribution in [3.05, 3.63) is 18.2 Å². The number of benzene rings is 1. The van der Waals surface area contributed by atoms with Gasteiger partial charge < -0.3 is 15.0 Å². The number of likely N-dealkylation sites (N-methyl/N-ethyl adjacent to an activating group) is 1. The molecule has 0 saturated heterocycles. The molecule has 1 aromatic heterocycles. The number of rotatable bonds is 8. The Morgan fingerprint density at radius 2 is 2.05 bits per heavy atom. The van der Waals surface area contributed by atoms with Crippen molar-refractivity contribution in [3.63, 3.8) is 0 Å². The molecule has 0 aliphatic carbocycles. The van der Waals surface area contributed by atoms with E-state index in [0.717, 1.165) is 42.6 Å². The minimum atomic E-state index is 0.694. The average Bonchev–Trinajstić information content (AvgIpc) is 2.86. The van der Waals surface area contributed by atoms with Crippen LogP contribution < -0.4 is 10.1 Å². The maximum Gasteiger partial charge on any atom is 0.183 e. The van der Waals surface area contributed by atoms with Crippen molar-refractivity contribution in [2.45, 2.75) is 20.8 Å². The number of hydrogen-bond acceptors (Lipinski definition) is 5. The van der Waals surface area contributed by atoms with E-state index in [0.29, 0.717) is 6.61 Å². The van der Waals surface area contributed by atoms with Crippen LogP contribution in [-0.4, -0.2) is 42.7 Å². The van der Waals surface area contributed by atoms with Gasteiger partial charge in [0.2, 0.25) is 0 Å². The van der Waals surface area contributed by atoms with Gasteiger partial charge in [-0.2, -0.15) is 0 Å². The highest BCUT2D eigenvalue weighted by Gasteiger charge is 2.05. The van der Waals surface area contributed by atoms with Gasteiger partial charge in [-0.15, -0.1) is 0 Å². The Bertz CT molecular complexity index is 537. The summed E-state index contributed by atoms with van der Waals surface area (Å²) in [5.74, 6) is 0.915. The first kappa shape index (κ1) is 15.1. The third kappa shape index (κ3) is 3.84. The summed E-state index contributed by atoms with van der Waals surface area (Å²) in [7, 11) is 0. The van der Waals surface area contributed by atoms with Gasteiger partial charge in [0.1, 0.15) is 5.75 Å². The van der Waals surface area contributed by atoms with Crippen molar-refractivity contribution >= 4 is 26.7 Å². The quantitative estimate of drug-likeness (QED) is 0.809. The molecular weight excluding hydrogens is 270 g/mol. The highest BCUT2D eigenvalue weighted by atomic mass is 32.1. The van der Waals surface area contributed by atoms with E-state index < -0.39 is 0 Å². The molecule has 0 amide bonds. The number of aromatic nitrogens is 1. The Morgan fingerprint density at radius 1 is 1.25 bits per heavy atom. The summed E-state index contributed by atoms with van der Waals surface area (Å²) in [6.07, 6.45) is 0. The van der Waals surface area contributed by atoms with E-state index in [4.69, 9.17) is 4.74 Å². The van der Waals surface area contributed by atoms with Gasteiger partial charge in [0.25, 0.3) is 0 Å². The lowest BCUT2D eigenvalue weighted by atomic mass is 10.3. The average molecular weight is 293 g/mol. The standard InChI is InChI=1S/C15H23N3OS/c1-4-18(5-2)10-9-16-15-17-13-8-7-12(19-6-3)11-14(13)20-15/h7-8,11H,4-6,9-10H2,1-3H3,(H,16,17). The topological polar surface area (TPSA) is 37.4 Å². The van der Waals surface area contributed by atoms with Crippen LogP contribution >= 0.6 is 11.3 Å². The SMILES string of the molecule is CCOc1ccc2nc(NCCN(CC)CC)sc2c1. The predicted molar refractivity (Wildman–Crippen MR) is 87.1 cm³/mol. The molecule has 0 aliphatic rings. The molecule has 110 valence electrons. The highest BCUT2D eigenvalue weighted by molar-refractivity contribution is 7.22. The first-order valence-electron chi connectivity index (χ1n) is 7.26. The monoisotopic (exact) mass is 293 g/mol. The smallest absolute Gasteiger partial charge is 0.183 e. The number of anilines is 1. The Morgan fingerprint density at radius 3 is 2.75 bits per heavy atom. The van der Waals surface area contributed by atoms with E-state index in [9.17, 15) is 0 Å². The summed E-state index contributed by atoms with van der Waals surface area (Å²) >= 11 is 1.68. The summed E-state index contributed by atoms with van der Waals surface area (Å²) in [5, 5.41) is 4.40. The molecule has 0 fully saturated rings. The number of hydrogen-bond donors (Lipinski definition) is 1. The highest BCUT2D eigenvalue weighted by Crippen LogP contribution is 2.29. The van der Waals surface area contributed by atoms with Gasteiger partial charge in [-0.05, 0) is 38.2 Å². The first-order chi connectivity index (χ1) is 9.76. The van der Waals surface area contributed by atoms with Gasteiger partial charge in [-0.1, -0.05) is 25.2 Å². The molecule has 20 heavy (non-hydrogen) atoms. The van der Waals surface area contributed by atoms with E-state index in [1.165, 1.54) is 4.70 Å². The Labute approximate surface area is 124 Å². The summed E-state index contributed by atoms with van der Waals surface area (Å²) in [5.41, 5.74) is 1.03. The van der Waals surface area contributed by atoms with Gasteiger partial charge >= 0.3 is 0 Å². The van der Waals surface area contributed by atoms with E-state index in [1.807, 2.05) is 19.1 Å². The number of nitrogens with one attached hydrogen (secondary N) is 1. The second kappa shape index (κ2) is 7.45. The van der Waals surface area contributed by atoms with Crippen LogP contribution in [0.3, 0.4) is 0 Å². The van der Waals surface area contributed by atoms with Gasteiger partial charge in [-0.3, -0.25) is 0 Å². The fourth-order valence-electron chi connectivity index (χ4n) is 2.10. The molecule has 1 heterocycles. The van der Waals surface area contributed by atoms with Crippen LogP contribution in [0.4, 0.5) is 5.13 Å². The molecule has 2 aromatic rings. The molecule has 0 saturated carbocycles. The third-order valence-electron chi connectivity index (χ3n) is 3.27. The number of fused-ring (bicyclic) bond motifs is 1. The molecule has 1 N–H and O–H groups in total. The van der Waals surface area contributed by atoms with Gasteiger partial charge in [0.05, 0.1) is 16.8 Å². The maximum atomic E-state index is 5.52. The second-order valence-corrected chi connectivity index (χ2v) is 5.57. The largest absolute Gasteiger partial charge is 0.494 e. The van der Waals surface area contributed by atoms with Crippen LogP contribution in [0.25, 0.3) is 10.2 Å². The lowest BCUT2D eigenvalue weighted by Crippen LogP contribution is -2.28. The van der Waals surface area contributed by atoms with E-state index in [2.05, 4.69) is 35.1 Å². The minimum Gasteiger partial charge on any atom is -0.494 e. The Kier molecular flexibility index (Phi) is 5.61. The molecule has 0 spiro atoms. The van der Waals surface area contributed by atoms with Crippen molar-refractivity contribution in [2.75, 3.05) is 38.1 Å². The van der Waals surface area contributed by atoms with Crippen molar-refractivity contribution < 1.29 is 4.74 Å². The molecule has 1 aromatic carbocycles. The summed E-state index contributed by atoms with van der Waals surface area (Å²) in [4.78, 5) is 6.99. The normalized spacial score (nSPS) is 11.2. The molecular formula is C15H23N3OS. The van der Waals surface area contributed by atoms with Gasteiger partial charge in [0, 0.05) is 13.1 Å². The first-order valence-corrected chi connectivity index (χ1v) is 8.08. The van der Waals surface area contributed by atoms with Crippen LogP contribution in [0.1, 0.15) is 20.8 Å². The van der Waals surface area contributed by atoms with Crippen LogP contribution in [0.15, 0.2) is 18.2 Å². The summed E-state index contributed by atoms with van der Waals surface area (Å²) in [6, 6.07) is 6.06. The number of ether oxygens (including phenoxy) is 1. The van der Waals surface area contributed by atoms with Gasteiger partial charge in [-0.25, -0.2) is 4.98 Å². The maximum absolute atomic E-state index is 5.52. The van der Waals surface area contributed by atoms with E-state index in [-0.39, 0.29) is 0 Å². The fraction of sp³-hybridized carbons (Fsp3) is 0.533. The van der Waals surface area contributed by atoms with Crippen LogP contribution in [0.5, 0.6) is 5.75 Å². The second-order valence-electron chi connectivity index (χ2n) is 4.54. The minimum absolute atomic E-state index is 0.694. The molecule has 4 nitrogen and oxygen atoms in total. The fourth-order valence-corrected chi connectivity index (χ4v) is 3.02. The summed E-state index contributed by atoms with van der Waals surface area (Å²) < 4.78 is 6.68. The molecule has 0 radical (unpaired) electrons. The zero-order chi connectivity index (χ0) is 14.4. The lowest BCUT2D eigenvalue weighted by Gasteiger charge is -2.17. The van der Waals surface area contributed by atoms with Crippen LogP contribution in [-0.2, 0) is 0 Å². The van der Waals surface area contributed by atoms with Crippen molar-refractivity contribution in [3.8, 4) is 5.75 Å². The zero-order valence-electron chi connectivity index (χ0n) is 12.5. The molecule has 0 bridgehead atoms. The summed E-state index contributed by atoms with van der Waals surface area (Å²) in [6.45, 7) is 11.2. The number of thiazole rings is 1. The zero-order valence-corrected chi connectivity index (χ0v) is 13.3. The molecule has 0 unspecified atom stereocenters. The van der Waals surface area contributed by atoms with E-state index >= 15 is 0 Å². The van der Waals surface area contributed by atoms with Crippen molar-refractivity contribution in [1.29, 1.82) is 0 Å². The molecule has 5 heteroatoms. The predicted octanol–water partition coefficient (Wildman–Crippen LogP) is 3.45. The third-order valence-corrected chi connectivity index (χ3v) is 4.25. The molecule has 2 rings (SSSR count). The van der Waals surface area contributed by atoms with E-state index in [1.54, 1.807) is 11.3 Å². The molecule has 0 atom stereocenters. The van der Waals surface area contributed by atoms with Crippen LogP contribution in [0.2, 0.25) is 0 Å².